The van der Waals surface area contributed by atoms with Crippen molar-refractivity contribution in [2.75, 3.05) is 10.7 Å². The van der Waals surface area contributed by atoms with Crippen molar-refractivity contribution in [1.82, 2.24) is 9.55 Å². The van der Waals surface area contributed by atoms with Gasteiger partial charge in [0.05, 0.1) is 27.3 Å². The second-order valence-electron chi connectivity index (χ2n) is 10.3. The Labute approximate surface area is 256 Å². The standard InChI is InChI=1S/C35H24N4O4S/c40-32-22-44-35(26-9-6-10-29(21-26)39(42)43)37(32)27-17-13-23(14-18-27)24-15-19-28(20-16-24)38-33(25-7-2-1-3-8-25)36-31-12-5-4-11-30(31)34(38)41/h1-21,35H,22H2. The number of anilines is 1. The molecule has 2 heterocycles. The third kappa shape index (κ3) is 4.93. The second kappa shape index (κ2) is 11.3. The van der Waals surface area contributed by atoms with Crippen molar-refractivity contribution in [3.05, 3.63) is 153 Å². The van der Waals surface area contributed by atoms with Gasteiger partial charge < -0.3 is 0 Å². The molecule has 1 aliphatic heterocycles. The SMILES string of the molecule is O=C1CSC(c2cccc([N+](=O)[O-])c2)N1c1ccc(-c2ccc(-n3c(-c4ccccc4)nc4ccccc4c3=O)cc2)cc1. The number of nitrogens with zero attached hydrogens (tertiary/aromatic N) is 4. The van der Waals surface area contributed by atoms with Crippen LogP contribution in [0.2, 0.25) is 0 Å². The molecule has 9 heteroatoms. The second-order valence-corrected chi connectivity index (χ2v) is 11.4. The first kappa shape index (κ1) is 27.3. The third-order valence-electron chi connectivity index (χ3n) is 7.65. The summed E-state index contributed by atoms with van der Waals surface area (Å²) in [5.41, 5.74) is 5.37. The summed E-state index contributed by atoms with van der Waals surface area (Å²) in [6.07, 6.45) is 0. The molecular formula is C35H24N4O4S. The van der Waals surface area contributed by atoms with Crippen LogP contribution in [0, 0.1) is 10.1 Å². The normalized spacial score (nSPS) is 14.7. The average molecular weight is 597 g/mol. The minimum atomic E-state index is -0.426. The van der Waals surface area contributed by atoms with Gasteiger partial charge in [0.1, 0.15) is 11.2 Å². The Bertz CT molecular complexity index is 2100. The van der Waals surface area contributed by atoms with Crippen molar-refractivity contribution < 1.29 is 9.72 Å². The van der Waals surface area contributed by atoms with Gasteiger partial charge in [-0.15, -0.1) is 11.8 Å². The summed E-state index contributed by atoms with van der Waals surface area (Å²) in [6, 6.07) is 38.9. The lowest BCUT2D eigenvalue weighted by Crippen LogP contribution is -2.27. The van der Waals surface area contributed by atoms with Gasteiger partial charge >= 0.3 is 0 Å². The molecule has 1 aliphatic rings. The Morgan fingerprint density at radius 2 is 1.39 bits per heavy atom. The number of hydrogen-bond acceptors (Lipinski definition) is 6. The quantitative estimate of drug-likeness (QED) is 0.147. The van der Waals surface area contributed by atoms with Gasteiger partial charge in [-0.3, -0.25) is 29.2 Å². The fourth-order valence-corrected chi connectivity index (χ4v) is 6.68. The Morgan fingerprint density at radius 3 is 2.09 bits per heavy atom. The third-order valence-corrected chi connectivity index (χ3v) is 8.86. The molecular weight excluding hydrogens is 572 g/mol. The summed E-state index contributed by atoms with van der Waals surface area (Å²) < 4.78 is 1.65. The summed E-state index contributed by atoms with van der Waals surface area (Å²) >= 11 is 1.45. The molecule has 1 amide bonds. The number of hydrogen-bond donors (Lipinski definition) is 0. The van der Waals surface area contributed by atoms with Crippen LogP contribution >= 0.6 is 11.8 Å². The minimum absolute atomic E-state index is 0.00110. The van der Waals surface area contributed by atoms with E-state index >= 15 is 0 Å². The van der Waals surface area contributed by atoms with Gasteiger partial charge in [0.2, 0.25) is 5.91 Å². The maximum Gasteiger partial charge on any atom is 0.269 e. The van der Waals surface area contributed by atoms with Crippen LogP contribution in [-0.4, -0.2) is 26.1 Å². The van der Waals surface area contributed by atoms with Crippen LogP contribution in [0.15, 0.2) is 132 Å². The van der Waals surface area contributed by atoms with E-state index in [1.54, 1.807) is 21.6 Å². The van der Waals surface area contributed by atoms with Crippen molar-refractivity contribution in [2.45, 2.75) is 5.37 Å². The van der Waals surface area contributed by atoms with E-state index in [2.05, 4.69) is 0 Å². The van der Waals surface area contributed by atoms with Gasteiger partial charge in [-0.05, 0) is 53.1 Å². The molecule has 0 bridgehead atoms. The van der Waals surface area contributed by atoms with Crippen molar-refractivity contribution in [2.24, 2.45) is 0 Å². The summed E-state index contributed by atoms with van der Waals surface area (Å²) in [4.78, 5) is 44.0. The van der Waals surface area contributed by atoms with E-state index in [1.807, 2.05) is 103 Å². The van der Waals surface area contributed by atoms with Gasteiger partial charge in [0, 0.05) is 23.4 Å². The van der Waals surface area contributed by atoms with Crippen molar-refractivity contribution in [1.29, 1.82) is 0 Å². The van der Waals surface area contributed by atoms with Crippen molar-refractivity contribution >= 4 is 39.9 Å². The van der Waals surface area contributed by atoms with Crippen molar-refractivity contribution in [3.63, 3.8) is 0 Å². The van der Waals surface area contributed by atoms with Gasteiger partial charge in [-0.1, -0.05) is 78.9 Å². The molecule has 7 rings (SSSR count). The molecule has 214 valence electrons. The maximum atomic E-state index is 13.7. The highest BCUT2D eigenvalue weighted by atomic mass is 32.2. The molecule has 0 N–H and O–H groups in total. The maximum absolute atomic E-state index is 13.7. The predicted octanol–water partition coefficient (Wildman–Crippen LogP) is 7.41. The Morgan fingerprint density at radius 1 is 0.727 bits per heavy atom. The highest BCUT2D eigenvalue weighted by Crippen LogP contribution is 2.42. The number of carbonyl (C=O) groups excluding carboxylic acids is 1. The number of nitro groups is 1. The number of non-ortho nitro benzene ring substituents is 1. The zero-order valence-electron chi connectivity index (χ0n) is 23.2. The summed E-state index contributed by atoms with van der Waals surface area (Å²) in [5, 5.41) is 11.5. The lowest BCUT2D eigenvalue weighted by molar-refractivity contribution is -0.384. The highest BCUT2D eigenvalue weighted by Gasteiger charge is 2.34. The molecule has 1 atom stereocenters. The number of amides is 1. The Balaban J connectivity index is 1.21. The van der Waals surface area contributed by atoms with E-state index in [4.69, 9.17) is 4.98 Å². The molecule has 44 heavy (non-hydrogen) atoms. The van der Waals surface area contributed by atoms with E-state index in [-0.39, 0.29) is 22.5 Å². The van der Waals surface area contributed by atoms with Gasteiger partial charge in [-0.25, -0.2) is 4.98 Å². The lowest BCUT2D eigenvalue weighted by atomic mass is 10.0. The van der Waals surface area contributed by atoms with Gasteiger partial charge in [-0.2, -0.15) is 0 Å². The van der Waals surface area contributed by atoms with Crippen LogP contribution in [-0.2, 0) is 4.79 Å². The minimum Gasteiger partial charge on any atom is -0.295 e. The Hall–Kier alpha value is -5.54. The number of carbonyl (C=O) groups is 1. The zero-order chi connectivity index (χ0) is 30.2. The molecule has 1 aromatic heterocycles. The highest BCUT2D eigenvalue weighted by molar-refractivity contribution is 8.00. The largest absolute Gasteiger partial charge is 0.295 e. The van der Waals surface area contributed by atoms with E-state index in [9.17, 15) is 19.7 Å². The smallest absolute Gasteiger partial charge is 0.269 e. The topological polar surface area (TPSA) is 98.3 Å². The Kier molecular flexibility index (Phi) is 7.00. The van der Waals surface area contributed by atoms with E-state index in [0.717, 1.165) is 22.4 Å². The number of thioether (sulfide) groups is 1. The summed E-state index contributed by atoms with van der Waals surface area (Å²) in [6.45, 7) is 0. The van der Waals surface area contributed by atoms with Crippen LogP contribution < -0.4 is 10.5 Å². The van der Waals surface area contributed by atoms with Gasteiger partial charge in [0.25, 0.3) is 11.2 Å². The summed E-state index contributed by atoms with van der Waals surface area (Å²) in [5.74, 6) is 0.815. The fraction of sp³-hybridized carbons (Fsp3) is 0.0571. The number of benzene rings is 5. The number of rotatable bonds is 6. The lowest BCUT2D eigenvalue weighted by Gasteiger charge is -2.24. The predicted molar refractivity (Wildman–Crippen MR) is 174 cm³/mol. The van der Waals surface area contributed by atoms with E-state index < -0.39 is 4.92 Å². The first-order chi connectivity index (χ1) is 21.5. The zero-order valence-corrected chi connectivity index (χ0v) is 24.1. The number of fused-ring (bicyclic) bond motifs is 1. The molecule has 0 saturated carbocycles. The molecule has 0 radical (unpaired) electrons. The van der Waals surface area contributed by atoms with Crippen LogP contribution in [0.5, 0.6) is 0 Å². The number of para-hydroxylation sites is 1. The molecule has 0 spiro atoms. The van der Waals surface area contributed by atoms with Crippen molar-refractivity contribution in [3.8, 4) is 28.2 Å². The molecule has 1 unspecified atom stereocenters. The molecule has 0 aliphatic carbocycles. The van der Waals surface area contributed by atoms with Gasteiger partial charge in [0.15, 0.2) is 0 Å². The van der Waals surface area contributed by atoms with Crippen LogP contribution in [0.25, 0.3) is 39.1 Å². The molecule has 5 aromatic carbocycles. The molecule has 6 aromatic rings. The molecule has 8 nitrogen and oxygen atoms in total. The number of nitro benzene ring substituents is 1. The monoisotopic (exact) mass is 596 g/mol. The van der Waals surface area contributed by atoms with E-state index in [1.165, 1.54) is 23.9 Å². The first-order valence-corrected chi connectivity index (χ1v) is 15.0. The number of aromatic nitrogens is 2. The van der Waals surface area contributed by atoms with E-state index in [0.29, 0.717) is 33.7 Å². The fourth-order valence-electron chi connectivity index (χ4n) is 5.51. The van der Waals surface area contributed by atoms with Crippen LogP contribution in [0.3, 0.4) is 0 Å². The van der Waals surface area contributed by atoms with Crippen LogP contribution in [0.4, 0.5) is 11.4 Å². The van der Waals surface area contributed by atoms with Crippen LogP contribution in [0.1, 0.15) is 10.9 Å². The summed E-state index contributed by atoms with van der Waals surface area (Å²) in [7, 11) is 0. The first-order valence-electron chi connectivity index (χ1n) is 13.9. The molecule has 1 saturated heterocycles. The average Bonchev–Trinajstić information content (AvgIpc) is 3.46. The molecule has 1 fully saturated rings.